The number of nitriles is 1. The number of hydrogen-bond donors (Lipinski definition) is 2. The summed E-state index contributed by atoms with van der Waals surface area (Å²) < 4.78 is 5.31. The maximum absolute atomic E-state index is 8.76. The van der Waals surface area contributed by atoms with Gasteiger partial charge in [-0.3, -0.25) is 0 Å². The number of methoxy groups -OCH3 is 1. The fraction of sp³-hybridized carbons (Fsp3) is 0.556. The van der Waals surface area contributed by atoms with E-state index in [1.54, 1.807) is 7.11 Å². The maximum atomic E-state index is 8.76. The van der Waals surface area contributed by atoms with Gasteiger partial charge in [0.25, 0.3) is 0 Å². The van der Waals surface area contributed by atoms with Crippen LogP contribution < -0.4 is 10.6 Å². The molecular weight excluding hydrogens is 248 g/mol. The monoisotopic (exact) mass is 258 g/mol. The van der Waals surface area contributed by atoms with Crippen molar-refractivity contribution in [3.8, 4) is 6.07 Å². The standard InChI is InChI=1S/C9H11ClN4OS/c1-15-6-4-12-3-5(6)13-9-14-8(10)7(2-11)16-9/h5-6,12H,3-4H2,1H3,(H,13,14)/t5?,6-/m0/s1. The number of aromatic nitrogens is 1. The molecule has 0 amide bonds. The van der Waals surface area contributed by atoms with Gasteiger partial charge in [-0.05, 0) is 0 Å². The highest BCUT2D eigenvalue weighted by Gasteiger charge is 2.27. The molecule has 1 aromatic heterocycles. The van der Waals surface area contributed by atoms with Crippen LogP contribution in [0, 0.1) is 11.3 Å². The molecule has 2 N–H and O–H groups in total. The normalized spacial score (nSPS) is 24.3. The van der Waals surface area contributed by atoms with Crippen LogP contribution in [0.3, 0.4) is 0 Å². The van der Waals surface area contributed by atoms with Crippen molar-refractivity contribution in [1.29, 1.82) is 5.26 Å². The Bertz CT molecular complexity index is 416. The molecule has 0 spiro atoms. The zero-order valence-electron chi connectivity index (χ0n) is 8.66. The summed E-state index contributed by atoms with van der Waals surface area (Å²) in [6.45, 7) is 1.63. The van der Waals surface area contributed by atoms with Gasteiger partial charge in [-0.2, -0.15) is 5.26 Å². The number of thiazole rings is 1. The van der Waals surface area contributed by atoms with Crippen LogP contribution >= 0.6 is 22.9 Å². The molecule has 86 valence electrons. The van der Waals surface area contributed by atoms with Gasteiger partial charge in [0.2, 0.25) is 0 Å². The van der Waals surface area contributed by atoms with E-state index in [4.69, 9.17) is 21.6 Å². The van der Waals surface area contributed by atoms with Gasteiger partial charge in [0.15, 0.2) is 10.3 Å². The highest BCUT2D eigenvalue weighted by atomic mass is 35.5. The van der Waals surface area contributed by atoms with Crippen LogP contribution in [0.25, 0.3) is 0 Å². The van der Waals surface area contributed by atoms with Crippen LogP contribution in [-0.2, 0) is 4.74 Å². The Balaban J connectivity index is 2.06. The van der Waals surface area contributed by atoms with Crippen LogP contribution in [0.4, 0.5) is 5.13 Å². The average molecular weight is 259 g/mol. The van der Waals surface area contributed by atoms with Crippen LogP contribution in [0.1, 0.15) is 4.88 Å². The largest absolute Gasteiger partial charge is 0.378 e. The lowest BCUT2D eigenvalue weighted by Crippen LogP contribution is -2.33. The van der Waals surface area contributed by atoms with Crippen molar-refractivity contribution in [1.82, 2.24) is 10.3 Å². The first-order valence-electron chi connectivity index (χ1n) is 4.81. The van der Waals surface area contributed by atoms with E-state index in [9.17, 15) is 0 Å². The molecule has 1 fully saturated rings. The smallest absolute Gasteiger partial charge is 0.185 e. The summed E-state index contributed by atoms with van der Waals surface area (Å²) in [5.74, 6) is 0. The first kappa shape index (κ1) is 11.6. The molecule has 0 radical (unpaired) electrons. The van der Waals surface area contributed by atoms with E-state index in [1.165, 1.54) is 11.3 Å². The van der Waals surface area contributed by atoms with Crippen molar-refractivity contribution >= 4 is 28.1 Å². The Morgan fingerprint density at radius 2 is 2.50 bits per heavy atom. The molecule has 2 atom stereocenters. The predicted octanol–water partition coefficient (Wildman–Crippen LogP) is 1.07. The van der Waals surface area contributed by atoms with E-state index in [0.29, 0.717) is 10.0 Å². The molecule has 5 nitrogen and oxygen atoms in total. The van der Waals surface area contributed by atoms with Crippen LogP contribution in [0.15, 0.2) is 0 Å². The van der Waals surface area contributed by atoms with Gasteiger partial charge in [0.1, 0.15) is 10.9 Å². The molecule has 1 saturated heterocycles. The molecular formula is C9H11ClN4OS. The van der Waals surface area contributed by atoms with E-state index in [-0.39, 0.29) is 17.3 Å². The molecule has 16 heavy (non-hydrogen) atoms. The van der Waals surface area contributed by atoms with Gasteiger partial charge in [0.05, 0.1) is 12.1 Å². The summed E-state index contributed by atoms with van der Waals surface area (Å²) in [6, 6.07) is 2.17. The molecule has 0 bridgehead atoms. The Labute approximate surface area is 102 Å². The zero-order valence-corrected chi connectivity index (χ0v) is 10.2. The van der Waals surface area contributed by atoms with Gasteiger partial charge < -0.3 is 15.4 Å². The van der Waals surface area contributed by atoms with Crippen LogP contribution in [0.5, 0.6) is 0 Å². The van der Waals surface area contributed by atoms with Gasteiger partial charge in [-0.25, -0.2) is 4.98 Å². The predicted molar refractivity (Wildman–Crippen MR) is 62.9 cm³/mol. The molecule has 1 aromatic rings. The maximum Gasteiger partial charge on any atom is 0.185 e. The minimum absolute atomic E-state index is 0.119. The third-order valence-electron chi connectivity index (χ3n) is 2.46. The Morgan fingerprint density at radius 1 is 1.69 bits per heavy atom. The summed E-state index contributed by atoms with van der Waals surface area (Å²) in [4.78, 5) is 4.52. The summed E-state index contributed by atoms with van der Waals surface area (Å²) in [7, 11) is 1.68. The molecule has 1 aliphatic heterocycles. The van der Waals surface area contributed by atoms with Crippen LogP contribution in [-0.4, -0.2) is 37.3 Å². The van der Waals surface area contributed by atoms with Gasteiger partial charge in [0, 0.05) is 20.2 Å². The number of rotatable bonds is 3. The number of nitrogens with zero attached hydrogens (tertiary/aromatic N) is 2. The highest BCUT2D eigenvalue weighted by molar-refractivity contribution is 7.16. The van der Waals surface area contributed by atoms with Gasteiger partial charge in [-0.15, -0.1) is 0 Å². The van der Waals surface area contributed by atoms with Gasteiger partial charge in [-0.1, -0.05) is 22.9 Å². The van der Waals surface area contributed by atoms with Crippen molar-refractivity contribution in [2.45, 2.75) is 12.1 Å². The first-order chi connectivity index (χ1) is 7.74. The lowest BCUT2D eigenvalue weighted by Gasteiger charge is -2.17. The Hall–Kier alpha value is -0.870. The fourth-order valence-electron chi connectivity index (χ4n) is 1.64. The van der Waals surface area contributed by atoms with E-state index in [2.05, 4.69) is 15.6 Å². The second-order valence-corrected chi connectivity index (χ2v) is 4.79. The van der Waals surface area contributed by atoms with E-state index >= 15 is 0 Å². The van der Waals surface area contributed by atoms with Crippen molar-refractivity contribution in [3.63, 3.8) is 0 Å². The molecule has 7 heteroatoms. The number of ether oxygens (including phenoxy) is 1. The lowest BCUT2D eigenvalue weighted by atomic mass is 10.2. The summed E-state index contributed by atoms with van der Waals surface area (Å²) in [6.07, 6.45) is 0.119. The highest BCUT2D eigenvalue weighted by Crippen LogP contribution is 2.27. The fourth-order valence-corrected chi connectivity index (χ4v) is 2.65. The van der Waals surface area contributed by atoms with Crippen molar-refractivity contribution in [2.24, 2.45) is 0 Å². The van der Waals surface area contributed by atoms with Crippen molar-refractivity contribution in [3.05, 3.63) is 10.0 Å². The topological polar surface area (TPSA) is 70.0 Å². The Kier molecular flexibility index (Phi) is 3.61. The minimum atomic E-state index is 0.119. The molecule has 0 saturated carbocycles. The van der Waals surface area contributed by atoms with Crippen molar-refractivity contribution < 1.29 is 4.74 Å². The quantitative estimate of drug-likeness (QED) is 0.849. The van der Waals surface area contributed by atoms with E-state index in [0.717, 1.165) is 13.1 Å². The SMILES string of the molecule is CO[C@H]1CNCC1Nc1nc(Cl)c(C#N)s1. The summed E-state index contributed by atoms with van der Waals surface area (Å²) in [5, 5.41) is 16.1. The average Bonchev–Trinajstić information content (AvgIpc) is 2.85. The van der Waals surface area contributed by atoms with Crippen LogP contribution in [0.2, 0.25) is 5.15 Å². The molecule has 0 aliphatic carbocycles. The molecule has 2 heterocycles. The Morgan fingerprint density at radius 3 is 3.12 bits per heavy atom. The van der Waals surface area contributed by atoms with Crippen molar-refractivity contribution in [2.75, 3.05) is 25.5 Å². The van der Waals surface area contributed by atoms with Gasteiger partial charge >= 0.3 is 0 Å². The number of anilines is 1. The summed E-state index contributed by atoms with van der Waals surface area (Å²) >= 11 is 7.05. The van der Waals surface area contributed by atoms with E-state index in [1.807, 2.05) is 6.07 Å². The molecule has 2 rings (SSSR count). The second kappa shape index (κ2) is 4.97. The second-order valence-electron chi connectivity index (χ2n) is 3.43. The molecule has 0 aromatic carbocycles. The summed E-state index contributed by atoms with van der Waals surface area (Å²) in [5.41, 5.74) is 0. The molecule has 1 aliphatic rings. The number of hydrogen-bond acceptors (Lipinski definition) is 6. The van der Waals surface area contributed by atoms with E-state index < -0.39 is 0 Å². The minimum Gasteiger partial charge on any atom is -0.378 e. The number of nitrogens with one attached hydrogen (secondary N) is 2. The number of halogens is 1. The lowest BCUT2D eigenvalue weighted by molar-refractivity contribution is 0.111. The zero-order chi connectivity index (χ0) is 11.5. The first-order valence-corrected chi connectivity index (χ1v) is 6.00. The third-order valence-corrected chi connectivity index (χ3v) is 3.73. The third kappa shape index (κ3) is 2.28. The molecule has 1 unspecified atom stereocenters.